The Morgan fingerprint density at radius 1 is 1.39 bits per heavy atom. The number of carboxylic acid groups (broad SMARTS) is 1. The lowest BCUT2D eigenvalue weighted by molar-refractivity contribution is 0.0697. The number of nitrogens with zero attached hydrogens (tertiary/aromatic N) is 2. The topological polar surface area (TPSA) is 55.1 Å². The van der Waals surface area contributed by atoms with Crippen LogP contribution in [0.2, 0.25) is 10.0 Å². The number of benzene rings is 1. The van der Waals surface area contributed by atoms with E-state index in [-0.39, 0.29) is 5.56 Å². The third-order valence-electron chi connectivity index (χ3n) is 2.66. The molecule has 0 aliphatic heterocycles. The third-order valence-corrected chi connectivity index (χ3v) is 3.39. The van der Waals surface area contributed by atoms with Crippen molar-refractivity contribution in [2.75, 3.05) is 0 Å². The first-order valence-electron chi connectivity index (χ1n) is 5.18. The standard InChI is InChI=1S/C12H10Cl2N2O2/c1-7-11(14)5-15-16(7)6-9-3-2-8(12(17)18)4-10(9)13/h2-5H,6H2,1H3,(H,17,18). The summed E-state index contributed by atoms with van der Waals surface area (Å²) < 4.78 is 1.71. The maximum Gasteiger partial charge on any atom is 0.335 e. The van der Waals surface area contributed by atoms with E-state index in [1.165, 1.54) is 12.1 Å². The van der Waals surface area contributed by atoms with Crippen molar-refractivity contribution >= 4 is 29.2 Å². The highest BCUT2D eigenvalue weighted by Crippen LogP contribution is 2.21. The van der Waals surface area contributed by atoms with Crippen LogP contribution in [-0.4, -0.2) is 20.9 Å². The van der Waals surface area contributed by atoms with Gasteiger partial charge in [-0.3, -0.25) is 4.68 Å². The predicted octanol–water partition coefficient (Wildman–Crippen LogP) is 3.24. The van der Waals surface area contributed by atoms with Crippen LogP contribution in [0.4, 0.5) is 0 Å². The largest absolute Gasteiger partial charge is 0.478 e. The van der Waals surface area contributed by atoms with Gasteiger partial charge in [0.05, 0.1) is 29.0 Å². The fraction of sp³-hybridized carbons (Fsp3) is 0.167. The van der Waals surface area contributed by atoms with Gasteiger partial charge in [-0.05, 0) is 24.6 Å². The van der Waals surface area contributed by atoms with Gasteiger partial charge in [0.1, 0.15) is 0 Å². The summed E-state index contributed by atoms with van der Waals surface area (Å²) in [6.07, 6.45) is 1.57. The summed E-state index contributed by atoms with van der Waals surface area (Å²) in [6, 6.07) is 4.63. The molecule has 2 aromatic rings. The van der Waals surface area contributed by atoms with Gasteiger partial charge in [0.2, 0.25) is 0 Å². The maximum atomic E-state index is 10.8. The van der Waals surface area contributed by atoms with E-state index in [0.29, 0.717) is 16.6 Å². The van der Waals surface area contributed by atoms with Gasteiger partial charge >= 0.3 is 5.97 Å². The Morgan fingerprint density at radius 2 is 2.11 bits per heavy atom. The molecule has 2 rings (SSSR count). The SMILES string of the molecule is Cc1c(Cl)cnn1Cc1ccc(C(=O)O)cc1Cl. The number of hydrogen-bond donors (Lipinski definition) is 1. The number of rotatable bonds is 3. The molecular formula is C12H10Cl2N2O2. The number of carbonyl (C=O) groups is 1. The molecule has 0 atom stereocenters. The second-order valence-electron chi connectivity index (χ2n) is 3.85. The number of aromatic nitrogens is 2. The summed E-state index contributed by atoms with van der Waals surface area (Å²) in [5.41, 5.74) is 1.80. The zero-order chi connectivity index (χ0) is 13.3. The monoisotopic (exact) mass is 284 g/mol. The first kappa shape index (κ1) is 12.9. The van der Waals surface area contributed by atoms with Gasteiger partial charge in [0, 0.05) is 5.02 Å². The Hall–Kier alpha value is -1.52. The zero-order valence-corrected chi connectivity index (χ0v) is 11.0. The fourth-order valence-corrected chi connectivity index (χ4v) is 1.93. The van der Waals surface area contributed by atoms with E-state index in [0.717, 1.165) is 11.3 Å². The molecule has 0 fully saturated rings. The fourth-order valence-electron chi connectivity index (χ4n) is 1.55. The number of halogens is 2. The van der Waals surface area contributed by atoms with E-state index in [1.807, 2.05) is 6.92 Å². The molecule has 0 saturated carbocycles. The molecule has 1 aromatic heterocycles. The maximum absolute atomic E-state index is 10.8. The van der Waals surface area contributed by atoms with E-state index >= 15 is 0 Å². The van der Waals surface area contributed by atoms with Crippen LogP contribution in [0.5, 0.6) is 0 Å². The molecule has 0 radical (unpaired) electrons. The van der Waals surface area contributed by atoms with Gasteiger partial charge in [-0.15, -0.1) is 0 Å². The molecule has 0 amide bonds. The lowest BCUT2D eigenvalue weighted by Gasteiger charge is -2.07. The van der Waals surface area contributed by atoms with Crippen LogP contribution in [0.1, 0.15) is 21.6 Å². The first-order valence-corrected chi connectivity index (χ1v) is 5.94. The third kappa shape index (κ3) is 2.49. The summed E-state index contributed by atoms with van der Waals surface area (Å²) in [5.74, 6) is -0.998. The molecule has 1 heterocycles. The molecule has 1 N–H and O–H groups in total. The quantitative estimate of drug-likeness (QED) is 0.941. The van der Waals surface area contributed by atoms with Crippen molar-refractivity contribution in [3.05, 3.63) is 51.3 Å². The van der Waals surface area contributed by atoms with Crippen LogP contribution in [-0.2, 0) is 6.54 Å². The summed E-state index contributed by atoms with van der Waals surface area (Å²) in [7, 11) is 0. The van der Waals surface area contributed by atoms with Crippen molar-refractivity contribution in [3.63, 3.8) is 0 Å². The van der Waals surface area contributed by atoms with Crippen LogP contribution in [0.3, 0.4) is 0 Å². The Labute approximate surface area is 114 Å². The van der Waals surface area contributed by atoms with Crippen LogP contribution in [0, 0.1) is 6.92 Å². The average molecular weight is 285 g/mol. The molecule has 0 saturated heterocycles. The Balaban J connectivity index is 2.30. The van der Waals surface area contributed by atoms with Crippen molar-refractivity contribution in [3.8, 4) is 0 Å². The summed E-state index contributed by atoms with van der Waals surface area (Å²) >= 11 is 12.0. The Kier molecular flexibility index (Phi) is 3.59. The average Bonchev–Trinajstić information content (AvgIpc) is 2.63. The molecule has 94 valence electrons. The Bertz CT molecular complexity index is 608. The van der Waals surface area contributed by atoms with E-state index in [9.17, 15) is 4.79 Å². The minimum Gasteiger partial charge on any atom is -0.478 e. The van der Waals surface area contributed by atoms with Gasteiger partial charge in [0.15, 0.2) is 0 Å². The number of aromatic carboxylic acids is 1. The molecule has 4 nitrogen and oxygen atoms in total. The lowest BCUT2D eigenvalue weighted by Crippen LogP contribution is -2.05. The van der Waals surface area contributed by atoms with E-state index in [1.54, 1.807) is 16.9 Å². The lowest BCUT2D eigenvalue weighted by atomic mass is 10.1. The molecule has 0 bridgehead atoms. The molecule has 6 heteroatoms. The minimum atomic E-state index is -0.998. The van der Waals surface area contributed by atoms with Crippen LogP contribution in [0.15, 0.2) is 24.4 Å². The van der Waals surface area contributed by atoms with E-state index in [2.05, 4.69) is 5.10 Å². The highest BCUT2D eigenvalue weighted by Gasteiger charge is 2.10. The van der Waals surface area contributed by atoms with Gasteiger partial charge in [-0.2, -0.15) is 5.10 Å². The molecule has 0 unspecified atom stereocenters. The smallest absolute Gasteiger partial charge is 0.335 e. The van der Waals surface area contributed by atoms with Gasteiger partial charge in [-0.25, -0.2) is 4.79 Å². The van der Waals surface area contributed by atoms with E-state index < -0.39 is 5.97 Å². The number of hydrogen-bond acceptors (Lipinski definition) is 2. The van der Waals surface area contributed by atoms with Crippen molar-refractivity contribution in [1.82, 2.24) is 9.78 Å². The summed E-state index contributed by atoms with van der Waals surface area (Å²) in [5, 5.41) is 14.0. The molecule has 0 spiro atoms. The highest BCUT2D eigenvalue weighted by molar-refractivity contribution is 6.31. The van der Waals surface area contributed by atoms with Crippen molar-refractivity contribution < 1.29 is 9.90 Å². The summed E-state index contributed by atoms with van der Waals surface area (Å²) in [6.45, 7) is 2.31. The number of carboxylic acids is 1. The second-order valence-corrected chi connectivity index (χ2v) is 4.66. The molecule has 18 heavy (non-hydrogen) atoms. The van der Waals surface area contributed by atoms with Gasteiger partial charge < -0.3 is 5.11 Å². The minimum absolute atomic E-state index is 0.166. The van der Waals surface area contributed by atoms with E-state index in [4.69, 9.17) is 28.3 Å². The first-order chi connectivity index (χ1) is 8.49. The highest BCUT2D eigenvalue weighted by atomic mass is 35.5. The normalized spacial score (nSPS) is 10.6. The van der Waals surface area contributed by atoms with Crippen molar-refractivity contribution in [1.29, 1.82) is 0 Å². The summed E-state index contributed by atoms with van der Waals surface area (Å²) in [4.78, 5) is 10.8. The predicted molar refractivity (Wildman–Crippen MR) is 69.5 cm³/mol. The molecule has 1 aromatic carbocycles. The Morgan fingerprint density at radius 3 is 2.61 bits per heavy atom. The van der Waals surface area contributed by atoms with Gasteiger partial charge in [-0.1, -0.05) is 29.3 Å². The van der Waals surface area contributed by atoms with Crippen LogP contribution < -0.4 is 0 Å². The van der Waals surface area contributed by atoms with Crippen molar-refractivity contribution in [2.24, 2.45) is 0 Å². The second kappa shape index (κ2) is 5.00. The molecule has 0 aliphatic carbocycles. The zero-order valence-electron chi connectivity index (χ0n) is 9.52. The van der Waals surface area contributed by atoms with Crippen molar-refractivity contribution in [2.45, 2.75) is 13.5 Å². The van der Waals surface area contributed by atoms with Crippen LogP contribution in [0.25, 0.3) is 0 Å². The van der Waals surface area contributed by atoms with Crippen LogP contribution >= 0.6 is 23.2 Å². The molecule has 0 aliphatic rings. The van der Waals surface area contributed by atoms with Gasteiger partial charge in [0.25, 0.3) is 0 Å². The molecular weight excluding hydrogens is 275 g/mol.